The average Bonchev–Trinajstić information content (AvgIpc) is 2.66. The molecule has 0 saturated carbocycles. The molecular weight excluding hydrogens is 299 g/mol. The molecule has 5 nitrogen and oxygen atoms in total. The van der Waals surface area contributed by atoms with E-state index in [2.05, 4.69) is 5.10 Å². The molecule has 0 saturated heterocycles. The summed E-state index contributed by atoms with van der Waals surface area (Å²) in [5.41, 5.74) is -1.25. The molecule has 0 aliphatic heterocycles. The van der Waals surface area contributed by atoms with E-state index in [0.29, 0.717) is 0 Å². The van der Waals surface area contributed by atoms with Crippen LogP contribution in [0.2, 0.25) is 5.15 Å². The number of aromatic nitrogens is 2. The van der Waals surface area contributed by atoms with Crippen LogP contribution in [0.3, 0.4) is 0 Å². The fourth-order valence-corrected chi connectivity index (χ4v) is 1.86. The minimum absolute atomic E-state index is 0.176. The van der Waals surface area contributed by atoms with E-state index in [4.69, 9.17) is 11.6 Å². The largest absolute Gasteiger partial charge is 0.435 e. The second kappa shape index (κ2) is 4.78. The first-order valence-corrected chi connectivity index (χ1v) is 5.66. The summed E-state index contributed by atoms with van der Waals surface area (Å²) in [7, 11) is 0. The Morgan fingerprint density at radius 3 is 2.25 bits per heavy atom. The highest BCUT2D eigenvalue weighted by atomic mass is 35.5. The molecule has 20 heavy (non-hydrogen) atoms. The van der Waals surface area contributed by atoms with Crippen LogP contribution in [0.5, 0.6) is 0 Å². The Balaban J connectivity index is 2.51. The van der Waals surface area contributed by atoms with E-state index in [-0.39, 0.29) is 22.1 Å². The first-order valence-electron chi connectivity index (χ1n) is 5.29. The van der Waals surface area contributed by atoms with Gasteiger partial charge in [-0.2, -0.15) is 18.3 Å². The van der Waals surface area contributed by atoms with Gasteiger partial charge in [0.25, 0.3) is 5.69 Å². The molecule has 0 unspecified atom stereocenters. The van der Waals surface area contributed by atoms with Gasteiger partial charge in [0.2, 0.25) is 0 Å². The fourth-order valence-electron chi connectivity index (χ4n) is 1.63. The lowest BCUT2D eigenvalue weighted by Gasteiger charge is -2.03. The molecule has 0 fully saturated rings. The molecule has 2 aromatic rings. The van der Waals surface area contributed by atoms with Gasteiger partial charge in [-0.05, 0) is 19.1 Å². The van der Waals surface area contributed by atoms with Gasteiger partial charge in [0, 0.05) is 17.7 Å². The predicted octanol–water partition coefficient (Wildman–Crippen LogP) is 3.76. The molecule has 2 rings (SSSR count). The average molecular weight is 306 g/mol. The number of benzene rings is 1. The van der Waals surface area contributed by atoms with E-state index < -0.39 is 16.8 Å². The molecule has 0 N–H and O–H groups in total. The van der Waals surface area contributed by atoms with Crippen molar-refractivity contribution in [3.63, 3.8) is 0 Å². The summed E-state index contributed by atoms with van der Waals surface area (Å²) < 4.78 is 39.0. The Morgan fingerprint density at radius 2 is 1.85 bits per heavy atom. The van der Waals surface area contributed by atoms with Crippen molar-refractivity contribution in [2.75, 3.05) is 0 Å². The van der Waals surface area contributed by atoms with Crippen LogP contribution in [0.15, 0.2) is 24.3 Å². The SMILES string of the molecule is Cc1c(C(F)(F)F)nn(-c2ccc([N+](=O)[O-])cc2)c1Cl. The third kappa shape index (κ3) is 2.46. The zero-order valence-electron chi connectivity index (χ0n) is 9.98. The molecule has 0 aliphatic rings. The van der Waals surface area contributed by atoms with Gasteiger partial charge in [-0.3, -0.25) is 10.1 Å². The molecule has 0 radical (unpaired) electrons. The quantitative estimate of drug-likeness (QED) is 0.627. The fraction of sp³-hybridized carbons (Fsp3) is 0.182. The smallest absolute Gasteiger partial charge is 0.258 e. The van der Waals surface area contributed by atoms with E-state index in [1.165, 1.54) is 19.1 Å². The molecule has 0 amide bonds. The molecule has 1 aromatic heterocycles. The Hall–Kier alpha value is -2.09. The van der Waals surface area contributed by atoms with Crippen LogP contribution in [0.25, 0.3) is 5.69 Å². The summed E-state index contributed by atoms with van der Waals surface area (Å²) in [5, 5.41) is 13.7. The van der Waals surface area contributed by atoms with E-state index in [1.807, 2.05) is 0 Å². The third-order valence-corrected chi connectivity index (χ3v) is 3.07. The number of hydrogen-bond acceptors (Lipinski definition) is 3. The Kier molecular flexibility index (Phi) is 3.43. The lowest BCUT2D eigenvalue weighted by Crippen LogP contribution is -2.08. The van der Waals surface area contributed by atoms with Crippen LogP contribution in [-0.2, 0) is 6.18 Å². The maximum Gasteiger partial charge on any atom is 0.435 e. The van der Waals surface area contributed by atoms with Crippen molar-refractivity contribution >= 4 is 17.3 Å². The zero-order valence-corrected chi connectivity index (χ0v) is 10.7. The van der Waals surface area contributed by atoms with Crippen LogP contribution in [0, 0.1) is 17.0 Å². The number of hydrogen-bond donors (Lipinski definition) is 0. The second-order valence-electron chi connectivity index (χ2n) is 3.95. The highest BCUT2D eigenvalue weighted by Crippen LogP contribution is 2.35. The summed E-state index contributed by atoms with van der Waals surface area (Å²) in [6.45, 7) is 1.21. The second-order valence-corrected chi connectivity index (χ2v) is 4.31. The number of rotatable bonds is 2. The zero-order chi connectivity index (χ0) is 15.1. The first kappa shape index (κ1) is 14.3. The summed E-state index contributed by atoms with van der Waals surface area (Å²) >= 11 is 5.82. The van der Waals surface area contributed by atoms with Gasteiger partial charge in [-0.15, -0.1) is 0 Å². The number of alkyl halides is 3. The van der Waals surface area contributed by atoms with Crippen LogP contribution < -0.4 is 0 Å². The standard InChI is InChI=1S/C11H7ClF3N3O2/c1-6-9(11(13,14)15)16-17(10(6)12)7-2-4-8(5-3-7)18(19)20/h2-5H,1H3. The van der Waals surface area contributed by atoms with Crippen LogP contribution in [0.1, 0.15) is 11.3 Å². The Bertz CT molecular complexity index is 665. The third-order valence-electron chi connectivity index (χ3n) is 2.62. The number of nitro benzene ring substituents is 1. The van der Waals surface area contributed by atoms with E-state index in [1.54, 1.807) is 0 Å². The normalized spacial score (nSPS) is 11.7. The van der Waals surface area contributed by atoms with Gasteiger partial charge >= 0.3 is 6.18 Å². The van der Waals surface area contributed by atoms with Crippen LogP contribution in [0.4, 0.5) is 18.9 Å². The number of non-ortho nitro benzene ring substituents is 1. The summed E-state index contributed by atoms with van der Waals surface area (Å²) in [6, 6.07) is 4.87. The number of halogens is 4. The lowest BCUT2D eigenvalue weighted by molar-refractivity contribution is -0.384. The topological polar surface area (TPSA) is 61.0 Å². The van der Waals surface area contributed by atoms with Crippen molar-refractivity contribution in [1.29, 1.82) is 0 Å². The van der Waals surface area contributed by atoms with Crippen molar-refractivity contribution in [3.05, 3.63) is 50.8 Å². The molecular formula is C11H7ClF3N3O2. The minimum Gasteiger partial charge on any atom is -0.258 e. The first-order chi connectivity index (χ1) is 9.21. The minimum atomic E-state index is -4.61. The van der Waals surface area contributed by atoms with Gasteiger partial charge in [-0.25, -0.2) is 4.68 Å². The molecule has 1 heterocycles. The van der Waals surface area contributed by atoms with Crippen LogP contribution >= 0.6 is 11.6 Å². The molecule has 0 aliphatic carbocycles. The van der Waals surface area contributed by atoms with Gasteiger partial charge < -0.3 is 0 Å². The van der Waals surface area contributed by atoms with Gasteiger partial charge in [0.1, 0.15) is 5.15 Å². The predicted molar refractivity (Wildman–Crippen MR) is 65.0 cm³/mol. The van der Waals surface area contributed by atoms with Crippen molar-refractivity contribution in [2.45, 2.75) is 13.1 Å². The maximum absolute atomic E-state index is 12.7. The molecule has 0 atom stereocenters. The van der Waals surface area contributed by atoms with E-state index >= 15 is 0 Å². The summed E-state index contributed by atoms with van der Waals surface area (Å²) in [6.07, 6.45) is -4.61. The lowest BCUT2D eigenvalue weighted by atomic mass is 10.2. The van der Waals surface area contributed by atoms with Crippen molar-refractivity contribution in [2.24, 2.45) is 0 Å². The summed E-state index contributed by atoms with van der Waals surface area (Å²) in [4.78, 5) is 9.90. The maximum atomic E-state index is 12.7. The molecule has 1 aromatic carbocycles. The van der Waals surface area contributed by atoms with Gasteiger partial charge in [0.05, 0.1) is 10.6 Å². The van der Waals surface area contributed by atoms with E-state index in [9.17, 15) is 23.3 Å². The van der Waals surface area contributed by atoms with Crippen LogP contribution in [-0.4, -0.2) is 14.7 Å². The highest BCUT2D eigenvalue weighted by Gasteiger charge is 2.37. The molecule has 9 heteroatoms. The number of nitro groups is 1. The monoisotopic (exact) mass is 305 g/mol. The molecule has 0 spiro atoms. The summed E-state index contributed by atoms with van der Waals surface area (Å²) in [5.74, 6) is 0. The number of nitrogens with zero attached hydrogens (tertiary/aromatic N) is 3. The molecule has 0 bridgehead atoms. The highest BCUT2D eigenvalue weighted by molar-refractivity contribution is 6.30. The van der Waals surface area contributed by atoms with Crippen molar-refractivity contribution < 1.29 is 18.1 Å². The van der Waals surface area contributed by atoms with E-state index in [0.717, 1.165) is 16.8 Å². The Labute approximate surface area is 115 Å². The van der Waals surface area contributed by atoms with Crippen molar-refractivity contribution in [1.82, 2.24) is 9.78 Å². The van der Waals surface area contributed by atoms with Gasteiger partial charge in [0.15, 0.2) is 5.69 Å². The van der Waals surface area contributed by atoms with Gasteiger partial charge in [-0.1, -0.05) is 11.6 Å². The Morgan fingerprint density at radius 1 is 1.30 bits per heavy atom. The van der Waals surface area contributed by atoms with Crippen molar-refractivity contribution in [3.8, 4) is 5.69 Å². The molecule has 106 valence electrons.